The van der Waals surface area contributed by atoms with Crippen LogP contribution in [0.3, 0.4) is 0 Å². The quantitative estimate of drug-likeness (QED) is 0.878. The Balaban J connectivity index is 1.70. The van der Waals surface area contributed by atoms with Crippen LogP contribution in [0.5, 0.6) is 0 Å². The number of nitrogens with zero attached hydrogens (tertiary/aromatic N) is 1. The zero-order chi connectivity index (χ0) is 15.3. The second-order valence-corrected chi connectivity index (χ2v) is 7.78. The smallest absolute Gasteiger partial charge is 0.226 e. The molecule has 2 heterocycles. The van der Waals surface area contributed by atoms with Crippen molar-refractivity contribution in [3.63, 3.8) is 0 Å². The summed E-state index contributed by atoms with van der Waals surface area (Å²) in [6, 6.07) is 0. The summed E-state index contributed by atoms with van der Waals surface area (Å²) in [5.41, 5.74) is 0.953. The van der Waals surface area contributed by atoms with Gasteiger partial charge in [0.25, 0.3) is 0 Å². The van der Waals surface area contributed by atoms with E-state index in [1.54, 1.807) is 11.3 Å². The molecular weight excluding hydrogens is 282 g/mol. The van der Waals surface area contributed by atoms with Gasteiger partial charge in [-0.15, -0.1) is 11.3 Å². The molecule has 1 aliphatic heterocycles. The van der Waals surface area contributed by atoms with Gasteiger partial charge in [-0.3, -0.25) is 4.79 Å². The number of hydrogen-bond acceptors (Lipinski definition) is 4. The summed E-state index contributed by atoms with van der Waals surface area (Å²) < 4.78 is 0. The van der Waals surface area contributed by atoms with Crippen LogP contribution in [0, 0.1) is 5.92 Å². The number of piperidine rings is 1. The maximum atomic E-state index is 12.0. The Labute approximate surface area is 131 Å². The van der Waals surface area contributed by atoms with E-state index in [1.807, 2.05) is 5.38 Å². The lowest BCUT2D eigenvalue weighted by Crippen LogP contribution is -2.33. The molecule has 1 fully saturated rings. The highest BCUT2D eigenvalue weighted by Gasteiger charge is 2.19. The minimum atomic E-state index is 0.0629. The van der Waals surface area contributed by atoms with Gasteiger partial charge in [0, 0.05) is 17.3 Å². The molecule has 4 nitrogen and oxygen atoms in total. The van der Waals surface area contributed by atoms with Crippen molar-refractivity contribution in [1.29, 1.82) is 0 Å². The molecule has 1 aliphatic rings. The molecule has 1 amide bonds. The fraction of sp³-hybridized carbons (Fsp3) is 0.750. The van der Waals surface area contributed by atoms with Crippen LogP contribution in [-0.4, -0.2) is 30.5 Å². The zero-order valence-electron chi connectivity index (χ0n) is 13.4. The van der Waals surface area contributed by atoms with Gasteiger partial charge in [-0.25, -0.2) is 4.98 Å². The van der Waals surface area contributed by atoms with Gasteiger partial charge in [0.05, 0.1) is 17.1 Å². The SMILES string of the molecule is CC(C)(C)c1nc(CC(=O)NCCC2CCCNC2)cs1. The van der Waals surface area contributed by atoms with Gasteiger partial charge >= 0.3 is 0 Å². The van der Waals surface area contributed by atoms with Crippen molar-refractivity contribution >= 4 is 17.2 Å². The number of hydrogen-bond donors (Lipinski definition) is 2. The van der Waals surface area contributed by atoms with E-state index < -0.39 is 0 Å². The Bertz CT molecular complexity index is 458. The van der Waals surface area contributed by atoms with Gasteiger partial charge in [-0.1, -0.05) is 20.8 Å². The third-order valence-corrected chi connectivity index (χ3v) is 5.13. The fourth-order valence-corrected chi connectivity index (χ4v) is 3.45. The lowest BCUT2D eigenvalue weighted by atomic mass is 9.96. The van der Waals surface area contributed by atoms with Crippen LogP contribution in [-0.2, 0) is 16.6 Å². The van der Waals surface area contributed by atoms with Gasteiger partial charge in [-0.05, 0) is 38.3 Å². The molecule has 0 bridgehead atoms. The highest BCUT2D eigenvalue weighted by Crippen LogP contribution is 2.25. The monoisotopic (exact) mass is 309 g/mol. The Hall–Kier alpha value is -0.940. The number of carbonyl (C=O) groups is 1. The molecule has 1 unspecified atom stereocenters. The third kappa shape index (κ3) is 5.40. The molecule has 1 atom stereocenters. The van der Waals surface area contributed by atoms with Gasteiger partial charge < -0.3 is 10.6 Å². The van der Waals surface area contributed by atoms with E-state index >= 15 is 0 Å². The number of amides is 1. The topological polar surface area (TPSA) is 54.0 Å². The fourth-order valence-electron chi connectivity index (χ4n) is 2.55. The van der Waals surface area contributed by atoms with Crippen molar-refractivity contribution < 1.29 is 4.79 Å². The molecule has 1 aromatic rings. The Morgan fingerprint density at radius 1 is 1.52 bits per heavy atom. The first-order valence-electron chi connectivity index (χ1n) is 7.87. The van der Waals surface area contributed by atoms with Gasteiger partial charge in [0.2, 0.25) is 5.91 Å². The zero-order valence-corrected chi connectivity index (χ0v) is 14.2. The second kappa shape index (κ2) is 7.36. The van der Waals surface area contributed by atoms with E-state index in [0.717, 1.165) is 36.8 Å². The number of rotatable bonds is 5. The molecule has 21 heavy (non-hydrogen) atoms. The van der Waals surface area contributed by atoms with Gasteiger partial charge in [0.1, 0.15) is 0 Å². The average molecular weight is 309 g/mol. The summed E-state index contributed by atoms with van der Waals surface area (Å²) in [5.74, 6) is 0.801. The third-order valence-electron chi connectivity index (χ3n) is 3.81. The highest BCUT2D eigenvalue weighted by atomic mass is 32.1. The van der Waals surface area contributed by atoms with Gasteiger partial charge in [-0.2, -0.15) is 0 Å². The first-order chi connectivity index (χ1) is 9.95. The van der Waals surface area contributed by atoms with Crippen molar-refractivity contribution in [3.05, 3.63) is 16.1 Å². The summed E-state index contributed by atoms with van der Waals surface area (Å²) in [4.78, 5) is 16.5. The predicted molar refractivity (Wildman–Crippen MR) is 87.7 cm³/mol. The van der Waals surface area contributed by atoms with Crippen molar-refractivity contribution in [1.82, 2.24) is 15.6 Å². The molecule has 0 spiro atoms. The second-order valence-electron chi connectivity index (χ2n) is 6.92. The van der Waals surface area contributed by atoms with Crippen LogP contribution in [0.25, 0.3) is 0 Å². The van der Waals surface area contributed by atoms with E-state index in [2.05, 4.69) is 36.4 Å². The van der Waals surface area contributed by atoms with Crippen LogP contribution in [0.15, 0.2) is 5.38 Å². The largest absolute Gasteiger partial charge is 0.356 e. The summed E-state index contributed by atoms with van der Waals surface area (Å²) in [6.07, 6.45) is 4.01. The van der Waals surface area contributed by atoms with Crippen LogP contribution in [0.2, 0.25) is 0 Å². The molecule has 0 radical (unpaired) electrons. The number of nitrogens with one attached hydrogen (secondary N) is 2. The minimum Gasteiger partial charge on any atom is -0.356 e. The van der Waals surface area contributed by atoms with Crippen LogP contribution >= 0.6 is 11.3 Å². The molecular formula is C16H27N3OS. The van der Waals surface area contributed by atoms with Crippen molar-refractivity contribution in [2.75, 3.05) is 19.6 Å². The Kier molecular flexibility index (Phi) is 5.76. The molecule has 0 aliphatic carbocycles. The molecule has 0 aromatic carbocycles. The van der Waals surface area contributed by atoms with E-state index in [-0.39, 0.29) is 11.3 Å². The maximum absolute atomic E-state index is 12.0. The lowest BCUT2D eigenvalue weighted by Gasteiger charge is -2.22. The van der Waals surface area contributed by atoms with Crippen LogP contribution < -0.4 is 10.6 Å². The normalized spacial score (nSPS) is 19.5. The maximum Gasteiger partial charge on any atom is 0.226 e. The Morgan fingerprint density at radius 3 is 2.95 bits per heavy atom. The van der Waals surface area contributed by atoms with Crippen molar-refractivity contribution in [2.24, 2.45) is 5.92 Å². The molecule has 2 rings (SSSR count). The summed E-state index contributed by atoms with van der Waals surface area (Å²) >= 11 is 1.65. The first kappa shape index (κ1) is 16.4. The minimum absolute atomic E-state index is 0.0629. The Morgan fingerprint density at radius 2 is 2.33 bits per heavy atom. The molecule has 0 saturated carbocycles. The van der Waals surface area contributed by atoms with E-state index in [4.69, 9.17) is 0 Å². The van der Waals surface area contributed by atoms with E-state index in [0.29, 0.717) is 12.3 Å². The molecule has 2 N–H and O–H groups in total. The van der Waals surface area contributed by atoms with E-state index in [9.17, 15) is 4.79 Å². The molecule has 5 heteroatoms. The molecule has 1 saturated heterocycles. The van der Waals surface area contributed by atoms with Crippen LogP contribution in [0.1, 0.15) is 50.7 Å². The first-order valence-corrected chi connectivity index (χ1v) is 8.75. The number of thiazole rings is 1. The summed E-state index contributed by atoms with van der Waals surface area (Å²) in [7, 11) is 0. The van der Waals surface area contributed by atoms with Gasteiger partial charge in [0.15, 0.2) is 0 Å². The predicted octanol–water partition coefficient (Wildman–Crippen LogP) is 2.49. The highest BCUT2D eigenvalue weighted by molar-refractivity contribution is 7.09. The average Bonchev–Trinajstić information content (AvgIpc) is 2.88. The summed E-state index contributed by atoms with van der Waals surface area (Å²) in [6.45, 7) is 9.46. The van der Waals surface area contributed by atoms with E-state index in [1.165, 1.54) is 12.8 Å². The summed E-state index contributed by atoms with van der Waals surface area (Å²) in [5, 5.41) is 9.53. The number of carbonyl (C=O) groups excluding carboxylic acids is 1. The standard InChI is InChI=1S/C16H27N3OS/c1-16(2,3)15-19-13(11-21-15)9-14(20)18-8-6-12-5-4-7-17-10-12/h11-12,17H,4-10H2,1-3H3,(H,18,20). The van der Waals surface area contributed by atoms with Crippen LogP contribution in [0.4, 0.5) is 0 Å². The molecule has 118 valence electrons. The molecule has 1 aromatic heterocycles. The number of aromatic nitrogens is 1. The van der Waals surface area contributed by atoms with Crippen molar-refractivity contribution in [3.8, 4) is 0 Å². The lowest BCUT2D eigenvalue weighted by molar-refractivity contribution is -0.120. The van der Waals surface area contributed by atoms with Crippen molar-refractivity contribution in [2.45, 2.75) is 51.9 Å².